The van der Waals surface area contributed by atoms with Crippen molar-refractivity contribution in [1.29, 1.82) is 0 Å². The fourth-order valence-corrected chi connectivity index (χ4v) is 4.81. The minimum Gasteiger partial charge on any atom is -0.490 e. The number of likely N-dealkylation sites (N-methyl/N-ethyl adjacent to an activating group) is 1. The van der Waals surface area contributed by atoms with Crippen LogP contribution >= 0.6 is 0 Å². The highest BCUT2D eigenvalue weighted by Crippen LogP contribution is 2.32. The molecule has 0 saturated heterocycles. The summed E-state index contributed by atoms with van der Waals surface area (Å²) in [5.74, 6) is 0.190. The van der Waals surface area contributed by atoms with Crippen LogP contribution in [0, 0.1) is 6.92 Å². The number of hydrogen-bond acceptors (Lipinski definition) is 6. The largest absolute Gasteiger partial charge is 0.490 e. The van der Waals surface area contributed by atoms with Gasteiger partial charge in [-0.2, -0.15) is 4.31 Å². The fraction of sp³-hybridized carbons (Fsp3) is 0.304. The number of para-hydroxylation sites is 1. The number of nitrogens with one attached hydrogen (secondary N) is 1. The maximum Gasteiger partial charge on any atom is 0.295 e. The highest BCUT2D eigenvalue weighted by molar-refractivity contribution is 7.89. The zero-order valence-corrected chi connectivity index (χ0v) is 20.0. The van der Waals surface area contributed by atoms with Crippen molar-refractivity contribution in [2.24, 2.45) is 7.05 Å². The molecular formula is C23H26N4O6S. The van der Waals surface area contributed by atoms with E-state index in [4.69, 9.17) is 9.47 Å². The minimum absolute atomic E-state index is 0.0191. The molecule has 180 valence electrons. The summed E-state index contributed by atoms with van der Waals surface area (Å²) in [7, 11) is -0.977. The number of rotatable bonds is 6. The number of nitrogens with zero attached hydrogens (tertiary/aromatic N) is 3. The first-order chi connectivity index (χ1) is 16.2. The third kappa shape index (κ3) is 4.44. The molecule has 34 heavy (non-hydrogen) atoms. The quantitative estimate of drug-likeness (QED) is 0.570. The van der Waals surface area contributed by atoms with Crippen molar-refractivity contribution in [1.82, 2.24) is 13.7 Å². The highest BCUT2D eigenvalue weighted by atomic mass is 32.2. The Morgan fingerprint density at radius 3 is 2.47 bits per heavy atom. The molecule has 0 spiro atoms. The number of sulfonamides is 1. The topological polar surface area (TPSA) is 112 Å². The van der Waals surface area contributed by atoms with Crippen LogP contribution in [0.1, 0.15) is 12.1 Å². The van der Waals surface area contributed by atoms with Gasteiger partial charge in [0.05, 0.1) is 36.0 Å². The van der Waals surface area contributed by atoms with Gasteiger partial charge in [0, 0.05) is 26.6 Å². The number of fused-ring (bicyclic) bond motifs is 1. The molecule has 4 rings (SSSR count). The molecule has 0 radical (unpaired) electrons. The lowest BCUT2D eigenvalue weighted by molar-refractivity contribution is -0.116. The lowest BCUT2D eigenvalue weighted by atomic mass is 10.3. The summed E-state index contributed by atoms with van der Waals surface area (Å²) in [6.45, 7) is 2.14. The van der Waals surface area contributed by atoms with E-state index in [2.05, 4.69) is 5.32 Å². The molecular weight excluding hydrogens is 460 g/mol. The molecule has 0 atom stereocenters. The van der Waals surface area contributed by atoms with Gasteiger partial charge in [0.25, 0.3) is 5.56 Å². The van der Waals surface area contributed by atoms with Crippen LogP contribution in [0.3, 0.4) is 0 Å². The lowest BCUT2D eigenvalue weighted by Gasteiger charge is -2.17. The maximum absolute atomic E-state index is 13.0. The standard InChI is InChI=1S/C23H26N4O6S/c1-16-22(23(29)27(26(16)3)17-8-5-4-6-9-17)24-21(28)15-25(2)34(30,31)18-10-11-19-20(14-18)33-13-7-12-32-19/h4-6,8-11,14H,7,12-13,15H2,1-3H3,(H,24,28). The van der Waals surface area contributed by atoms with E-state index in [1.807, 2.05) is 18.2 Å². The summed E-state index contributed by atoms with van der Waals surface area (Å²) in [5, 5.41) is 2.58. The van der Waals surface area contributed by atoms with E-state index in [9.17, 15) is 18.0 Å². The Balaban J connectivity index is 1.53. The van der Waals surface area contributed by atoms with Gasteiger partial charge in [0.15, 0.2) is 11.5 Å². The van der Waals surface area contributed by atoms with Crippen molar-refractivity contribution in [2.75, 3.05) is 32.1 Å². The number of anilines is 1. The van der Waals surface area contributed by atoms with Crippen LogP contribution in [0.4, 0.5) is 5.69 Å². The van der Waals surface area contributed by atoms with E-state index in [-0.39, 0.29) is 10.6 Å². The van der Waals surface area contributed by atoms with Crippen molar-refractivity contribution in [2.45, 2.75) is 18.2 Å². The Morgan fingerprint density at radius 1 is 1.09 bits per heavy atom. The summed E-state index contributed by atoms with van der Waals surface area (Å²) < 4.78 is 41.2. The smallest absolute Gasteiger partial charge is 0.295 e. The van der Waals surface area contributed by atoms with Crippen LogP contribution in [-0.4, -0.2) is 54.8 Å². The molecule has 1 amide bonds. The van der Waals surface area contributed by atoms with E-state index in [1.165, 1.54) is 23.9 Å². The van der Waals surface area contributed by atoms with Gasteiger partial charge in [-0.15, -0.1) is 0 Å². The Labute approximate surface area is 197 Å². The monoisotopic (exact) mass is 486 g/mol. The zero-order chi connectivity index (χ0) is 24.5. The number of aromatic nitrogens is 2. The first-order valence-electron chi connectivity index (χ1n) is 10.7. The van der Waals surface area contributed by atoms with Crippen LogP contribution < -0.4 is 20.3 Å². The van der Waals surface area contributed by atoms with Crippen LogP contribution in [0.15, 0.2) is 58.2 Å². The Hall–Kier alpha value is -3.57. The average Bonchev–Trinajstić information content (AvgIpc) is 2.98. The van der Waals surface area contributed by atoms with Gasteiger partial charge in [0.2, 0.25) is 15.9 Å². The predicted molar refractivity (Wildman–Crippen MR) is 126 cm³/mol. The van der Waals surface area contributed by atoms with Gasteiger partial charge in [-0.1, -0.05) is 18.2 Å². The molecule has 0 bridgehead atoms. The van der Waals surface area contributed by atoms with Gasteiger partial charge in [-0.05, 0) is 31.2 Å². The van der Waals surface area contributed by atoms with Crippen molar-refractivity contribution in [3.8, 4) is 17.2 Å². The van der Waals surface area contributed by atoms with E-state index < -0.39 is 28.0 Å². The number of hydrogen-bond donors (Lipinski definition) is 1. The van der Waals surface area contributed by atoms with Gasteiger partial charge < -0.3 is 14.8 Å². The molecule has 3 aromatic rings. The van der Waals surface area contributed by atoms with Crippen LogP contribution in [0.25, 0.3) is 5.69 Å². The third-order valence-electron chi connectivity index (χ3n) is 5.61. The molecule has 0 saturated carbocycles. The summed E-state index contributed by atoms with van der Waals surface area (Å²) >= 11 is 0. The summed E-state index contributed by atoms with van der Waals surface area (Å²) in [6, 6.07) is 13.4. The van der Waals surface area contributed by atoms with Crippen molar-refractivity contribution < 1.29 is 22.7 Å². The molecule has 0 unspecified atom stereocenters. The normalized spacial score (nSPS) is 13.5. The average molecular weight is 487 g/mol. The first-order valence-corrected chi connectivity index (χ1v) is 12.1. The molecule has 1 N–H and O–H groups in total. The summed E-state index contributed by atoms with van der Waals surface area (Å²) in [5.41, 5.74) is 0.869. The van der Waals surface area contributed by atoms with Gasteiger partial charge in [0.1, 0.15) is 5.69 Å². The summed E-state index contributed by atoms with van der Waals surface area (Å²) in [4.78, 5) is 25.7. The molecule has 0 aliphatic carbocycles. The Morgan fingerprint density at radius 2 is 1.76 bits per heavy atom. The SMILES string of the molecule is Cc1c(NC(=O)CN(C)S(=O)(=O)c2ccc3c(c2)OCCCO3)c(=O)n(-c2ccccc2)n1C. The number of amides is 1. The number of benzene rings is 2. The Bertz CT molecular complexity index is 1380. The van der Waals surface area contributed by atoms with Crippen molar-refractivity contribution in [3.05, 3.63) is 64.6 Å². The predicted octanol–water partition coefficient (Wildman–Crippen LogP) is 1.90. The second-order valence-electron chi connectivity index (χ2n) is 7.90. The molecule has 2 heterocycles. The lowest BCUT2D eigenvalue weighted by Crippen LogP contribution is -2.35. The molecule has 10 nitrogen and oxygen atoms in total. The maximum atomic E-state index is 13.0. The van der Waals surface area contributed by atoms with E-state index in [0.29, 0.717) is 42.5 Å². The second kappa shape index (κ2) is 9.35. The van der Waals surface area contributed by atoms with E-state index in [0.717, 1.165) is 4.31 Å². The summed E-state index contributed by atoms with van der Waals surface area (Å²) in [6.07, 6.45) is 0.696. The molecule has 1 aliphatic heterocycles. The highest BCUT2D eigenvalue weighted by Gasteiger charge is 2.26. The zero-order valence-electron chi connectivity index (χ0n) is 19.1. The fourth-order valence-electron chi connectivity index (χ4n) is 3.66. The Kier molecular flexibility index (Phi) is 6.49. The third-order valence-corrected chi connectivity index (χ3v) is 7.41. The number of carbonyl (C=O) groups is 1. The van der Waals surface area contributed by atoms with Crippen LogP contribution in [0.2, 0.25) is 0 Å². The molecule has 1 aromatic heterocycles. The number of carbonyl (C=O) groups excluding carboxylic acids is 1. The van der Waals surface area contributed by atoms with Crippen molar-refractivity contribution >= 4 is 21.6 Å². The van der Waals surface area contributed by atoms with Crippen molar-refractivity contribution in [3.63, 3.8) is 0 Å². The molecule has 11 heteroatoms. The molecule has 1 aliphatic rings. The molecule has 2 aromatic carbocycles. The van der Waals surface area contributed by atoms with E-state index >= 15 is 0 Å². The minimum atomic E-state index is -3.99. The van der Waals surface area contributed by atoms with Crippen LogP contribution in [-0.2, 0) is 21.9 Å². The van der Waals surface area contributed by atoms with Gasteiger partial charge in [-0.25, -0.2) is 13.1 Å². The number of ether oxygens (including phenoxy) is 2. The van der Waals surface area contributed by atoms with Gasteiger partial charge >= 0.3 is 0 Å². The van der Waals surface area contributed by atoms with Gasteiger partial charge in [-0.3, -0.25) is 14.3 Å². The van der Waals surface area contributed by atoms with E-state index in [1.54, 1.807) is 36.9 Å². The first kappa shape index (κ1) is 23.6. The van der Waals surface area contributed by atoms with Crippen LogP contribution in [0.5, 0.6) is 11.5 Å². The molecule has 0 fully saturated rings. The second-order valence-corrected chi connectivity index (χ2v) is 9.95.